The number of hydrogen-bond donors (Lipinski definition) is 1. The quantitative estimate of drug-likeness (QED) is 0.892. The number of carbonyl (C=O) groups is 1. The molecule has 1 N–H and O–H groups in total. The summed E-state index contributed by atoms with van der Waals surface area (Å²) in [5.41, 5.74) is 0.920. The summed E-state index contributed by atoms with van der Waals surface area (Å²) in [4.78, 5) is 14.1. The Hall–Kier alpha value is -0.900. The molecule has 0 aromatic heterocycles. The summed E-state index contributed by atoms with van der Waals surface area (Å²) in [6, 6.07) is 7.40. The number of nitrogens with zero attached hydrogens (tertiary/aromatic N) is 1. The van der Waals surface area contributed by atoms with Crippen LogP contribution in [0.5, 0.6) is 0 Å². The van der Waals surface area contributed by atoms with Gasteiger partial charge in [-0.2, -0.15) is 0 Å². The highest BCUT2D eigenvalue weighted by Gasteiger charge is 2.27. The van der Waals surface area contributed by atoms with E-state index in [4.69, 9.17) is 11.6 Å². The molecule has 3 nitrogen and oxygen atoms in total. The van der Waals surface area contributed by atoms with Gasteiger partial charge in [0.05, 0.1) is 6.04 Å². The molecule has 1 fully saturated rings. The maximum Gasteiger partial charge on any atom is 0.151 e. The van der Waals surface area contributed by atoms with Crippen molar-refractivity contribution in [3.63, 3.8) is 0 Å². The van der Waals surface area contributed by atoms with Gasteiger partial charge < -0.3 is 5.32 Å². The zero-order valence-electron chi connectivity index (χ0n) is 9.95. The van der Waals surface area contributed by atoms with Gasteiger partial charge in [-0.15, -0.1) is 0 Å². The summed E-state index contributed by atoms with van der Waals surface area (Å²) in [6.45, 7) is 5.25. The molecule has 1 aromatic rings. The predicted molar refractivity (Wildman–Crippen MR) is 69.3 cm³/mol. The molecule has 0 saturated carbocycles. The molecule has 0 spiro atoms. The molecule has 17 heavy (non-hydrogen) atoms. The first-order valence-corrected chi connectivity index (χ1v) is 6.27. The maximum absolute atomic E-state index is 11.9. The lowest BCUT2D eigenvalue weighted by Crippen LogP contribution is -2.46. The molecular weight excluding hydrogens is 236 g/mol. The normalized spacial score (nSPS) is 18.9. The zero-order chi connectivity index (χ0) is 12.3. The first kappa shape index (κ1) is 12.6. The van der Waals surface area contributed by atoms with Gasteiger partial charge in [-0.05, 0) is 18.6 Å². The van der Waals surface area contributed by atoms with Crippen LogP contribution in [0.1, 0.15) is 18.5 Å². The molecule has 0 amide bonds. The molecule has 1 unspecified atom stereocenters. The second kappa shape index (κ2) is 5.63. The Labute approximate surface area is 107 Å². The van der Waals surface area contributed by atoms with Gasteiger partial charge in [-0.1, -0.05) is 29.8 Å². The zero-order valence-corrected chi connectivity index (χ0v) is 10.7. The molecule has 1 atom stereocenters. The summed E-state index contributed by atoms with van der Waals surface area (Å²) in [6.07, 6.45) is 0. The molecule has 0 bridgehead atoms. The first-order valence-electron chi connectivity index (χ1n) is 5.90. The molecule has 1 aliphatic rings. The second-order valence-electron chi connectivity index (χ2n) is 4.32. The van der Waals surface area contributed by atoms with Gasteiger partial charge in [0.25, 0.3) is 0 Å². The molecule has 0 radical (unpaired) electrons. The van der Waals surface area contributed by atoms with Gasteiger partial charge >= 0.3 is 0 Å². The molecule has 0 aliphatic carbocycles. The van der Waals surface area contributed by atoms with E-state index in [1.807, 2.05) is 24.3 Å². The third kappa shape index (κ3) is 2.86. The van der Waals surface area contributed by atoms with Gasteiger partial charge in [0.1, 0.15) is 0 Å². The van der Waals surface area contributed by atoms with Crippen molar-refractivity contribution in [2.75, 3.05) is 26.2 Å². The van der Waals surface area contributed by atoms with E-state index < -0.39 is 0 Å². The smallest absolute Gasteiger partial charge is 0.151 e. The first-order chi connectivity index (χ1) is 8.20. The van der Waals surface area contributed by atoms with Crippen LogP contribution in [0, 0.1) is 0 Å². The van der Waals surface area contributed by atoms with Crippen LogP contribution in [0.15, 0.2) is 24.3 Å². The van der Waals surface area contributed by atoms with Crippen molar-refractivity contribution < 1.29 is 4.79 Å². The van der Waals surface area contributed by atoms with E-state index >= 15 is 0 Å². The molecular formula is C13H17ClN2O. The van der Waals surface area contributed by atoms with Crippen LogP contribution < -0.4 is 5.32 Å². The summed E-state index contributed by atoms with van der Waals surface area (Å²) in [5, 5.41) is 3.96. The Morgan fingerprint density at radius 3 is 2.59 bits per heavy atom. The van der Waals surface area contributed by atoms with Crippen molar-refractivity contribution in [1.29, 1.82) is 0 Å². The monoisotopic (exact) mass is 252 g/mol. The summed E-state index contributed by atoms with van der Waals surface area (Å²) < 4.78 is 0. The standard InChI is InChI=1S/C13H17ClN2O/c1-10(17)13(16-8-6-15-7-9-16)11-4-2-3-5-12(11)14/h2-5,13,15H,6-9H2,1H3. The topological polar surface area (TPSA) is 32.3 Å². The highest BCUT2D eigenvalue weighted by Crippen LogP contribution is 2.28. The van der Waals surface area contributed by atoms with Gasteiger partial charge in [0.2, 0.25) is 0 Å². The van der Waals surface area contributed by atoms with Crippen LogP contribution in [0.2, 0.25) is 5.02 Å². The number of carbonyl (C=O) groups excluding carboxylic acids is 1. The van der Waals surface area contributed by atoms with Crippen molar-refractivity contribution >= 4 is 17.4 Å². The van der Waals surface area contributed by atoms with E-state index in [0.717, 1.165) is 31.7 Å². The minimum atomic E-state index is -0.203. The van der Waals surface area contributed by atoms with E-state index in [2.05, 4.69) is 10.2 Å². The van der Waals surface area contributed by atoms with Crippen molar-refractivity contribution in [3.05, 3.63) is 34.9 Å². The lowest BCUT2D eigenvalue weighted by molar-refractivity contribution is -0.122. The van der Waals surface area contributed by atoms with E-state index in [0.29, 0.717) is 5.02 Å². The number of hydrogen-bond acceptors (Lipinski definition) is 3. The van der Waals surface area contributed by atoms with Gasteiger partial charge in [-0.3, -0.25) is 9.69 Å². The van der Waals surface area contributed by atoms with Crippen LogP contribution >= 0.6 is 11.6 Å². The molecule has 1 saturated heterocycles. The van der Waals surface area contributed by atoms with Crippen LogP contribution in [0.3, 0.4) is 0 Å². The van der Waals surface area contributed by atoms with Gasteiger partial charge in [0.15, 0.2) is 5.78 Å². The molecule has 1 aliphatic heterocycles. The number of halogens is 1. The Morgan fingerprint density at radius 1 is 1.35 bits per heavy atom. The lowest BCUT2D eigenvalue weighted by Gasteiger charge is -2.34. The highest BCUT2D eigenvalue weighted by molar-refractivity contribution is 6.31. The third-order valence-corrected chi connectivity index (χ3v) is 3.45. The Bertz CT molecular complexity index is 402. The number of benzene rings is 1. The summed E-state index contributed by atoms with van der Waals surface area (Å²) in [7, 11) is 0. The fourth-order valence-electron chi connectivity index (χ4n) is 2.31. The number of Topliss-reactive ketones (excluding diaryl/α,β-unsaturated/α-hetero) is 1. The fourth-order valence-corrected chi connectivity index (χ4v) is 2.55. The van der Waals surface area contributed by atoms with Crippen molar-refractivity contribution in [1.82, 2.24) is 10.2 Å². The Kier molecular flexibility index (Phi) is 4.15. The largest absolute Gasteiger partial charge is 0.314 e. The van der Waals surface area contributed by atoms with Crippen molar-refractivity contribution in [2.24, 2.45) is 0 Å². The van der Waals surface area contributed by atoms with Crippen LogP contribution in [-0.2, 0) is 4.79 Å². The minimum absolute atomic E-state index is 0.153. The predicted octanol–water partition coefficient (Wildman–Crippen LogP) is 1.88. The Morgan fingerprint density at radius 2 is 2.00 bits per heavy atom. The molecule has 92 valence electrons. The SMILES string of the molecule is CC(=O)C(c1ccccc1Cl)N1CCNCC1. The molecule has 1 aromatic carbocycles. The number of rotatable bonds is 3. The number of ketones is 1. The Balaban J connectivity index is 2.28. The van der Waals surface area contributed by atoms with E-state index in [1.165, 1.54) is 0 Å². The van der Waals surface area contributed by atoms with Crippen molar-refractivity contribution in [3.8, 4) is 0 Å². The fraction of sp³-hybridized carbons (Fsp3) is 0.462. The minimum Gasteiger partial charge on any atom is -0.314 e. The highest BCUT2D eigenvalue weighted by atomic mass is 35.5. The van der Waals surface area contributed by atoms with E-state index in [9.17, 15) is 4.79 Å². The third-order valence-electron chi connectivity index (χ3n) is 3.10. The summed E-state index contributed by atoms with van der Waals surface area (Å²) >= 11 is 6.19. The average Bonchev–Trinajstić information content (AvgIpc) is 2.33. The number of piperazine rings is 1. The van der Waals surface area contributed by atoms with Gasteiger partial charge in [-0.25, -0.2) is 0 Å². The van der Waals surface area contributed by atoms with Crippen LogP contribution in [0.4, 0.5) is 0 Å². The van der Waals surface area contributed by atoms with Gasteiger partial charge in [0, 0.05) is 31.2 Å². The lowest BCUT2D eigenvalue weighted by atomic mass is 10.0. The second-order valence-corrected chi connectivity index (χ2v) is 4.73. The molecule has 1 heterocycles. The average molecular weight is 253 g/mol. The number of nitrogens with one attached hydrogen (secondary N) is 1. The summed E-state index contributed by atoms with van der Waals surface area (Å²) in [5.74, 6) is 0.153. The van der Waals surface area contributed by atoms with E-state index in [1.54, 1.807) is 6.92 Å². The molecule has 4 heteroatoms. The van der Waals surface area contributed by atoms with E-state index in [-0.39, 0.29) is 11.8 Å². The van der Waals surface area contributed by atoms with Crippen LogP contribution in [-0.4, -0.2) is 36.9 Å². The van der Waals surface area contributed by atoms with Crippen LogP contribution in [0.25, 0.3) is 0 Å². The maximum atomic E-state index is 11.9. The molecule has 2 rings (SSSR count). The van der Waals surface area contributed by atoms with Crippen molar-refractivity contribution in [2.45, 2.75) is 13.0 Å².